The summed E-state index contributed by atoms with van der Waals surface area (Å²) < 4.78 is 2.14. The summed E-state index contributed by atoms with van der Waals surface area (Å²) in [6.07, 6.45) is 4.50. The topological polar surface area (TPSA) is 59.8 Å². The van der Waals surface area contributed by atoms with Gasteiger partial charge in [-0.3, -0.25) is 4.79 Å². The van der Waals surface area contributed by atoms with Crippen LogP contribution >= 0.6 is 11.6 Å². The molecule has 2 rings (SSSR count). The summed E-state index contributed by atoms with van der Waals surface area (Å²) in [6, 6.07) is -0.155. The Balaban J connectivity index is 2.13. The van der Waals surface area contributed by atoms with E-state index in [1.807, 2.05) is 6.92 Å². The summed E-state index contributed by atoms with van der Waals surface area (Å²) in [5.41, 5.74) is 0. The average Bonchev–Trinajstić information content (AvgIpc) is 2.58. The van der Waals surface area contributed by atoms with Crippen LogP contribution in [0.15, 0.2) is 0 Å². The van der Waals surface area contributed by atoms with Crippen LogP contribution in [0.4, 0.5) is 0 Å². The molecule has 2 unspecified atom stereocenters. The third-order valence-electron chi connectivity index (χ3n) is 3.25. The molecule has 0 fully saturated rings. The molecule has 1 aromatic rings. The molecule has 0 aromatic carbocycles. The number of amides is 1. The monoisotopic (exact) mass is 270 g/mol. The normalized spacial score (nSPS) is 18.6. The van der Waals surface area contributed by atoms with E-state index in [9.17, 15) is 4.79 Å². The van der Waals surface area contributed by atoms with Crippen molar-refractivity contribution >= 4 is 17.5 Å². The lowest BCUT2D eigenvalue weighted by Crippen LogP contribution is -2.33. The Kier molecular flexibility index (Phi) is 4.22. The number of hydrogen-bond donors (Lipinski definition) is 1. The second kappa shape index (κ2) is 5.69. The van der Waals surface area contributed by atoms with Gasteiger partial charge in [-0.15, -0.1) is 21.8 Å². The van der Waals surface area contributed by atoms with Gasteiger partial charge in [-0.05, 0) is 26.7 Å². The maximum Gasteiger partial charge on any atom is 0.238 e. The van der Waals surface area contributed by atoms with Crippen LogP contribution in [-0.2, 0) is 17.8 Å². The minimum atomic E-state index is -0.529. The number of hydrogen-bond acceptors (Lipinski definition) is 3. The molecule has 1 aliphatic rings. The fourth-order valence-electron chi connectivity index (χ4n) is 2.22. The fraction of sp³-hybridized carbons (Fsp3) is 0.750. The van der Waals surface area contributed by atoms with Crippen molar-refractivity contribution in [1.82, 2.24) is 20.1 Å². The summed E-state index contributed by atoms with van der Waals surface area (Å²) in [5, 5.41) is 10.8. The molecule has 0 radical (unpaired) electrons. The van der Waals surface area contributed by atoms with Crippen LogP contribution in [0.5, 0.6) is 0 Å². The minimum Gasteiger partial charge on any atom is -0.345 e. The van der Waals surface area contributed by atoms with Crippen molar-refractivity contribution in [3.05, 3.63) is 11.6 Å². The van der Waals surface area contributed by atoms with Gasteiger partial charge in [-0.1, -0.05) is 6.42 Å². The lowest BCUT2D eigenvalue weighted by molar-refractivity contribution is -0.121. The second-order valence-corrected chi connectivity index (χ2v) is 5.44. The molecule has 2 atom stereocenters. The Morgan fingerprint density at radius 3 is 2.83 bits per heavy atom. The average molecular weight is 271 g/mol. The van der Waals surface area contributed by atoms with Gasteiger partial charge in [0.2, 0.25) is 5.91 Å². The molecular formula is C12H19ClN4O. The lowest BCUT2D eigenvalue weighted by Gasteiger charge is -2.15. The van der Waals surface area contributed by atoms with E-state index < -0.39 is 5.38 Å². The molecule has 1 aromatic heterocycles. The molecule has 1 aliphatic heterocycles. The van der Waals surface area contributed by atoms with Crippen LogP contribution in [0, 0.1) is 0 Å². The number of alkyl halides is 1. The molecule has 1 amide bonds. The highest BCUT2D eigenvalue weighted by molar-refractivity contribution is 6.30. The van der Waals surface area contributed by atoms with Crippen LogP contribution in [0.2, 0.25) is 0 Å². The molecule has 18 heavy (non-hydrogen) atoms. The molecule has 0 saturated carbocycles. The Labute approximate surface area is 112 Å². The highest BCUT2D eigenvalue weighted by atomic mass is 35.5. The summed E-state index contributed by atoms with van der Waals surface area (Å²) in [4.78, 5) is 11.6. The molecule has 0 aliphatic carbocycles. The summed E-state index contributed by atoms with van der Waals surface area (Å²) in [7, 11) is 0. The van der Waals surface area contributed by atoms with E-state index in [1.54, 1.807) is 6.92 Å². The first-order valence-corrected chi connectivity index (χ1v) is 6.89. The standard InChI is InChI=1S/C12H19ClN4O/c1-8(13)12(18)14-9(2)11-16-15-10-6-4-3-5-7-17(10)11/h8-9H,3-7H2,1-2H3,(H,14,18). The number of nitrogens with zero attached hydrogens (tertiary/aromatic N) is 3. The number of fused-ring (bicyclic) bond motifs is 1. The zero-order chi connectivity index (χ0) is 13.1. The van der Waals surface area contributed by atoms with Gasteiger partial charge in [-0.2, -0.15) is 0 Å². The highest BCUT2D eigenvalue weighted by Gasteiger charge is 2.21. The minimum absolute atomic E-state index is 0.155. The summed E-state index contributed by atoms with van der Waals surface area (Å²) >= 11 is 5.75. The molecule has 1 N–H and O–H groups in total. The second-order valence-electron chi connectivity index (χ2n) is 4.78. The zero-order valence-electron chi connectivity index (χ0n) is 10.8. The predicted octanol–water partition coefficient (Wildman–Crippen LogP) is 1.81. The summed E-state index contributed by atoms with van der Waals surface area (Å²) in [5.74, 6) is 1.69. The van der Waals surface area contributed by atoms with Crippen LogP contribution in [0.1, 0.15) is 50.8 Å². The van der Waals surface area contributed by atoms with Gasteiger partial charge in [0, 0.05) is 13.0 Å². The number of aromatic nitrogens is 3. The van der Waals surface area contributed by atoms with Crippen molar-refractivity contribution < 1.29 is 4.79 Å². The quantitative estimate of drug-likeness (QED) is 0.852. The number of carbonyl (C=O) groups excluding carboxylic acids is 1. The van der Waals surface area contributed by atoms with Crippen LogP contribution < -0.4 is 5.32 Å². The van der Waals surface area contributed by atoms with Crippen molar-refractivity contribution in [2.24, 2.45) is 0 Å². The van der Waals surface area contributed by atoms with Crippen molar-refractivity contribution in [1.29, 1.82) is 0 Å². The lowest BCUT2D eigenvalue weighted by atomic mass is 10.2. The van der Waals surface area contributed by atoms with Crippen molar-refractivity contribution in [2.45, 2.75) is 57.5 Å². The zero-order valence-corrected chi connectivity index (χ0v) is 11.6. The van der Waals surface area contributed by atoms with Gasteiger partial charge in [0.1, 0.15) is 11.2 Å². The summed E-state index contributed by atoms with van der Waals surface area (Å²) in [6.45, 7) is 4.52. The van der Waals surface area contributed by atoms with Crippen molar-refractivity contribution in [3.63, 3.8) is 0 Å². The largest absolute Gasteiger partial charge is 0.345 e. The molecule has 6 heteroatoms. The molecule has 100 valence electrons. The maximum absolute atomic E-state index is 11.6. The van der Waals surface area contributed by atoms with Gasteiger partial charge in [0.05, 0.1) is 6.04 Å². The Morgan fingerprint density at radius 2 is 2.11 bits per heavy atom. The number of nitrogens with one attached hydrogen (secondary N) is 1. The molecule has 5 nitrogen and oxygen atoms in total. The Hall–Kier alpha value is -1.10. The Bertz CT molecular complexity index is 430. The smallest absolute Gasteiger partial charge is 0.238 e. The van der Waals surface area contributed by atoms with Crippen LogP contribution in [0.3, 0.4) is 0 Å². The van der Waals surface area contributed by atoms with Crippen molar-refractivity contribution in [3.8, 4) is 0 Å². The predicted molar refractivity (Wildman–Crippen MR) is 69.4 cm³/mol. The fourth-order valence-corrected chi connectivity index (χ4v) is 2.28. The number of halogens is 1. The van der Waals surface area contributed by atoms with E-state index in [-0.39, 0.29) is 11.9 Å². The van der Waals surface area contributed by atoms with Crippen LogP contribution in [-0.4, -0.2) is 26.0 Å². The molecular weight excluding hydrogens is 252 g/mol. The van der Waals surface area contributed by atoms with E-state index in [2.05, 4.69) is 20.1 Å². The van der Waals surface area contributed by atoms with E-state index in [0.29, 0.717) is 0 Å². The first kappa shape index (κ1) is 13.3. The van der Waals surface area contributed by atoms with E-state index in [1.165, 1.54) is 6.42 Å². The van der Waals surface area contributed by atoms with Gasteiger partial charge in [0.15, 0.2) is 5.82 Å². The third-order valence-corrected chi connectivity index (χ3v) is 3.44. The van der Waals surface area contributed by atoms with E-state index in [0.717, 1.165) is 37.5 Å². The van der Waals surface area contributed by atoms with Gasteiger partial charge in [0.25, 0.3) is 0 Å². The van der Waals surface area contributed by atoms with Gasteiger partial charge < -0.3 is 9.88 Å². The molecule has 2 heterocycles. The third kappa shape index (κ3) is 2.83. The first-order chi connectivity index (χ1) is 8.59. The van der Waals surface area contributed by atoms with E-state index in [4.69, 9.17) is 11.6 Å². The van der Waals surface area contributed by atoms with Gasteiger partial charge in [-0.25, -0.2) is 0 Å². The molecule has 0 saturated heterocycles. The number of aryl methyl sites for hydroxylation is 1. The Morgan fingerprint density at radius 1 is 1.33 bits per heavy atom. The van der Waals surface area contributed by atoms with Gasteiger partial charge >= 0.3 is 0 Å². The SMILES string of the molecule is CC(Cl)C(=O)NC(C)c1nnc2n1CCCCC2. The van der Waals surface area contributed by atoms with Crippen molar-refractivity contribution in [2.75, 3.05) is 0 Å². The van der Waals surface area contributed by atoms with E-state index >= 15 is 0 Å². The molecule has 0 bridgehead atoms. The number of rotatable bonds is 3. The maximum atomic E-state index is 11.6. The first-order valence-electron chi connectivity index (χ1n) is 6.46. The highest BCUT2D eigenvalue weighted by Crippen LogP contribution is 2.18. The molecule has 0 spiro atoms. The number of carbonyl (C=O) groups is 1. The van der Waals surface area contributed by atoms with Crippen LogP contribution in [0.25, 0.3) is 0 Å².